The van der Waals surface area contributed by atoms with Gasteiger partial charge in [-0.3, -0.25) is 19.0 Å². The molecule has 1 aliphatic rings. The van der Waals surface area contributed by atoms with E-state index in [4.69, 9.17) is 4.52 Å². The second kappa shape index (κ2) is 8.94. The molecular formula is C23H27N5O4. The maximum atomic E-state index is 12.7. The Bertz CT molecular complexity index is 1200. The van der Waals surface area contributed by atoms with Gasteiger partial charge < -0.3 is 14.3 Å². The van der Waals surface area contributed by atoms with Crippen molar-refractivity contribution in [1.82, 2.24) is 24.5 Å². The van der Waals surface area contributed by atoms with Gasteiger partial charge in [-0.25, -0.2) is 4.98 Å². The van der Waals surface area contributed by atoms with E-state index in [1.54, 1.807) is 22.8 Å². The predicted octanol–water partition coefficient (Wildman–Crippen LogP) is 1.61. The van der Waals surface area contributed by atoms with Gasteiger partial charge in [0, 0.05) is 44.7 Å². The topological polar surface area (TPSA) is 102 Å². The third kappa shape index (κ3) is 4.28. The van der Waals surface area contributed by atoms with Gasteiger partial charge in [-0.1, -0.05) is 17.3 Å². The van der Waals surface area contributed by atoms with E-state index in [1.807, 2.05) is 26.0 Å². The Balaban J connectivity index is 1.31. The van der Waals surface area contributed by atoms with Gasteiger partial charge in [0.2, 0.25) is 11.8 Å². The number of para-hydroxylation sites is 1. The van der Waals surface area contributed by atoms with Crippen LogP contribution in [-0.4, -0.2) is 62.5 Å². The van der Waals surface area contributed by atoms with Crippen LogP contribution in [0.3, 0.4) is 0 Å². The van der Waals surface area contributed by atoms with Crippen LogP contribution in [-0.2, 0) is 22.6 Å². The number of fused-ring (bicyclic) bond motifs is 1. The number of carbonyl (C=O) groups excluding carboxylic acids is 2. The lowest BCUT2D eigenvalue weighted by molar-refractivity contribution is -0.139. The molecule has 168 valence electrons. The minimum Gasteiger partial charge on any atom is -0.361 e. The van der Waals surface area contributed by atoms with Crippen molar-refractivity contribution >= 4 is 22.7 Å². The number of aryl methyl sites for hydroxylation is 4. The molecule has 0 atom stereocenters. The maximum absolute atomic E-state index is 12.7. The van der Waals surface area contributed by atoms with E-state index in [0.717, 1.165) is 16.8 Å². The van der Waals surface area contributed by atoms with Crippen molar-refractivity contribution in [2.24, 2.45) is 0 Å². The molecule has 0 bridgehead atoms. The van der Waals surface area contributed by atoms with Crippen LogP contribution in [0.25, 0.3) is 10.9 Å². The molecule has 0 aliphatic carbocycles. The highest BCUT2D eigenvalue weighted by Crippen LogP contribution is 2.15. The van der Waals surface area contributed by atoms with Gasteiger partial charge in [-0.05, 0) is 32.4 Å². The summed E-state index contributed by atoms with van der Waals surface area (Å²) in [5.74, 6) is 0.646. The Labute approximate surface area is 185 Å². The first kappa shape index (κ1) is 21.7. The summed E-state index contributed by atoms with van der Waals surface area (Å²) in [4.78, 5) is 45.9. The Hall–Kier alpha value is -3.49. The largest absolute Gasteiger partial charge is 0.361 e. The normalized spacial score (nSPS) is 14.2. The second-order valence-corrected chi connectivity index (χ2v) is 8.21. The molecule has 2 amide bonds. The minimum atomic E-state index is -0.138. The van der Waals surface area contributed by atoms with Gasteiger partial charge in [-0.15, -0.1) is 0 Å². The fourth-order valence-electron chi connectivity index (χ4n) is 4.09. The van der Waals surface area contributed by atoms with Crippen LogP contribution in [0.2, 0.25) is 0 Å². The van der Waals surface area contributed by atoms with E-state index in [9.17, 15) is 14.4 Å². The van der Waals surface area contributed by atoms with Crippen molar-refractivity contribution in [3.63, 3.8) is 0 Å². The van der Waals surface area contributed by atoms with Crippen molar-refractivity contribution in [2.75, 3.05) is 26.2 Å². The van der Waals surface area contributed by atoms with E-state index in [0.29, 0.717) is 42.8 Å². The third-order valence-corrected chi connectivity index (χ3v) is 6.12. The number of aromatic nitrogens is 3. The molecule has 4 rings (SSSR count). The van der Waals surface area contributed by atoms with E-state index in [-0.39, 0.29) is 36.8 Å². The standard InChI is InChI=1S/C23H27N5O4/c1-15-5-4-6-18-22(15)24-14-28(23(18)31)8-7-20(29)26-9-11-27(12-10-26)21(30)13-19-16(2)25-32-17(19)3/h4-6,14H,7-13H2,1-3H3. The average Bonchev–Trinajstić information content (AvgIpc) is 3.11. The number of carbonyl (C=O) groups is 2. The lowest BCUT2D eigenvalue weighted by atomic mass is 10.1. The average molecular weight is 438 g/mol. The summed E-state index contributed by atoms with van der Waals surface area (Å²) < 4.78 is 6.62. The molecule has 3 aromatic rings. The van der Waals surface area contributed by atoms with Gasteiger partial charge >= 0.3 is 0 Å². The molecule has 0 spiro atoms. The van der Waals surface area contributed by atoms with Gasteiger partial charge in [0.05, 0.1) is 29.3 Å². The molecule has 1 aliphatic heterocycles. The molecule has 9 heteroatoms. The summed E-state index contributed by atoms with van der Waals surface area (Å²) in [6.07, 6.45) is 1.98. The van der Waals surface area contributed by atoms with Crippen molar-refractivity contribution in [2.45, 2.75) is 40.2 Å². The van der Waals surface area contributed by atoms with Gasteiger partial charge in [0.1, 0.15) is 5.76 Å². The number of amides is 2. The summed E-state index contributed by atoms with van der Waals surface area (Å²) in [6, 6.07) is 5.51. The van der Waals surface area contributed by atoms with Crippen LogP contribution in [0.1, 0.15) is 29.0 Å². The predicted molar refractivity (Wildman–Crippen MR) is 118 cm³/mol. The summed E-state index contributed by atoms with van der Waals surface area (Å²) in [5, 5.41) is 4.46. The lowest BCUT2D eigenvalue weighted by Gasteiger charge is -2.35. The van der Waals surface area contributed by atoms with Crippen LogP contribution < -0.4 is 5.56 Å². The molecule has 0 radical (unpaired) electrons. The molecule has 2 aromatic heterocycles. The highest BCUT2D eigenvalue weighted by Gasteiger charge is 2.25. The van der Waals surface area contributed by atoms with Crippen LogP contribution in [0.5, 0.6) is 0 Å². The fraction of sp³-hybridized carbons (Fsp3) is 0.435. The fourth-order valence-corrected chi connectivity index (χ4v) is 4.09. The molecule has 9 nitrogen and oxygen atoms in total. The summed E-state index contributed by atoms with van der Waals surface area (Å²) in [5.41, 5.74) is 3.07. The smallest absolute Gasteiger partial charge is 0.261 e. The van der Waals surface area contributed by atoms with Crippen molar-refractivity contribution < 1.29 is 14.1 Å². The van der Waals surface area contributed by atoms with Crippen molar-refractivity contribution in [1.29, 1.82) is 0 Å². The molecule has 32 heavy (non-hydrogen) atoms. The highest BCUT2D eigenvalue weighted by atomic mass is 16.5. The minimum absolute atomic E-state index is 0.00980. The first-order valence-corrected chi connectivity index (χ1v) is 10.8. The molecular weight excluding hydrogens is 410 g/mol. The van der Waals surface area contributed by atoms with Gasteiger partial charge in [-0.2, -0.15) is 0 Å². The highest BCUT2D eigenvalue weighted by molar-refractivity contribution is 5.81. The molecule has 0 saturated carbocycles. The van der Waals surface area contributed by atoms with E-state index >= 15 is 0 Å². The Morgan fingerprint density at radius 2 is 1.72 bits per heavy atom. The molecule has 1 fully saturated rings. The first-order valence-electron chi connectivity index (χ1n) is 10.8. The Morgan fingerprint density at radius 3 is 2.38 bits per heavy atom. The second-order valence-electron chi connectivity index (χ2n) is 8.21. The number of rotatable bonds is 5. The number of piperazine rings is 1. The van der Waals surface area contributed by atoms with Crippen LogP contribution in [0.15, 0.2) is 33.8 Å². The van der Waals surface area contributed by atoms with E-state index in [2.05, 4.69) is 10.1 Å². The zero-order valence-corrected chi connectivity index (χ0v) is 18.6. The van der Waals surface area contributed by atoms with E-state index in [1.165, 1.54) is 10.9 Å². The molecule has 1 saturated heterocycles. The third-order valence-electron chi connectivity index (χ3n) is 6.12. The molecule has 0 N–H and O–H groups in total. The van der Waals surface area contributed by atoms with Crippen LogP contribution >= 0.6 is 0 Å². The summed E-state index contributed by atoms with van der Waals surface area (Å²) in [7, 11) is 0. The summed E-state index contributed by atoms with van der Waals surface area (Å²) >= 11 is 0. The Kier molecular flexibility index (Phi) is 6.07. The number of benzene rings is 1. The van der Waals surface area contributed by atoms with Crippen molar-refractivity contribution in [3.8, 4) is 0 Å². The monoisotopic (exact) mass is 437 g/mol. The van der Waals surface area contributed by atoms with Crippen molar-refractivity contribution in [3.05, 3.63) is 57.5 Å². The maximum Gasteiger partial charge on any atom is 0.261 e. The Morgan fingerprint density at radius 1 is 1.03 bits per heavy atom. The zero-order valence-electron chi connectivity index (χ0n) is 18.6. The molecule has 0 unspecified atom stereocenters. The first-order chi connectivity index (χ1) is 15.3. The van der Waals surface area contributed by atoms with Crippen LogP contribution in [0.4, 0.5) is 0 Å². The number of nitrogens with zero attached hydrogens (tertiary/aromatic N) is 5. The van der Waals surface area contributed by atoms with Gasteiger partial charge in [0.25, 0.3) is 5.56 Å². The molecule has 3 heterocycles. The summed E-state index contributed by atoms with van der Waals surface area (Å²) in [6.45, 7) is 7.77. The zero-order chi connectivity index (χ0) is 22.8. The lowest BCUT2D eigenvalue weighted by Crippen LogP contribution is -2.51. The number of hydrogen-bond acceptors (Lipinski definition) is 6. The SMILES string of the molecule is Cc1noc(C)c1CC(=O)N1CCN(C(=O)CCn2cnc3c(C)cccc3c2=O)CC1. The van der Waals surface area contributed by atoms with E-state index < -0.39 is 0 Å². The number of hydrogen-bond donors (Lipinski definition) is 0. The van der Waals surface area contributed by atoms with Crippen LogP contribution in [0, 0.1) is 20.8 Å². The van der Waals surface area contributed by atoms with Gasteiger partial charge in [0.15, 0.2) is 0 Å². The quantitative estimate of drug-likeness (QED) is 0.601. The molecule has 1 aromatic carbocycles.